The lowest BCUT2D eigenvalue weighted by molar-refractivity contribution is 0.661. The zero-order chi connectivity index (χ0) is 7.56. The third-order valence-electron chi connectivity index (χ3n) is 1.22. The van der Waals surface area contributed by atoms with Gasteiger partial charge in [0.15, 0.2) is 5.16 Å². The van der Waals surface area contributed by atoms with Crippen molar-refractivity contribution < 1.29 is 0 Å². The fraction of sp³-hybridized carbons (Fsp3) is 0.600. The molecule has 10 heavy (non-hydrogen) atoms. The molecule has 1 aromatic heterocycles. The number of aromatic amines is 1. The molecule has 0 aromatic carbocycles. The van der Waals surface area contributed by atoms with E-state index in [1.165, 1.54) is 11.8 Å². The first-order valence-corrected chi connectivity index (χ1v) is 4.21. The molecule has 0 unspecified atom stereocenters. The smallest absolute Gasteiger partial charge is 0.270 e. The highest BCUT2D eigenvalue weighted by Crippen LogP contribution is 2.06. The van der Waals surface area contributed by atoms with Gasteiger partial charge in [-0.05, 0) is 13.2 Å². The van der Waals surface area contributed by atoms with Gasteiger partial charge in [-0.1, -0.05) is 11.8 Å². The first kappa shape index (κ1) is 7.40. The van der Waals surface area contributed by atoms with Crippen molar-refractivity contribution in [3.05, 3.63) is 10.5 Å². The lowest BCUT2D eigenvalue weighted by atomic mass is 10.7. The molecule has 0 aliphatic heterocycles. The van der Waals surface area contributed by atoms with Crippen molar-refractivity contribution in [2.24, 2.45) is 0 Å². The highest BCUT2D eigenvalue weighted by atomic mass is 32.2. The van der Waals surface area contributed by atoms with Gasteiger partial charge < -0.3 is 0 Å². The largest absolute Gasteiger partial charge is 0.343 e. The normalized spacial score (nSPS) is 10.2. The average Bonchev–Trinajstić information content (AvgIpc) is 2.30. The molecule has 0 radical (unpaired) electrons. The highest BCUT2D eigenvalue weighted by molar-refractivity contribution is 7.98. The van der Waals surface area contributed by atoms with Gasteiger partial charge in [-0.3, -0.25) is 4.57 Å². The number of H-pyrrole nitrogens is 1. The molecule has 0 aliphatic rings. The summed E-state index contributed by atoms with van der Waals surface area (Å²) in [6.07, 6.45) is 1.89. The molecular formula is C5H9N3OS. The number of thioether (sulfide) groups is 1. The maximum absolute atomic E-state index is 10.9. The molecule has 1 N–H and O–H groups in total. The van der Waals surface area contributed by atoms with E-state index in [1.807, 2.05) is 13.2 Å². The van der Waals surface area contributed by atoms with E-state index in [1.54, 1.807) is 4.57 Å². The van der Waals surface area contributed by atoms with Crippen LogP contribution in [0.25, 0.3) is 0 Å². The number of hydrogen-bond acceptors (Lipinski definition) is 3. The summed E-state index contributed by atoms with van der Waals surface area (Å²) in [6, 6.07) is 0. The van der Waals surface area contributed by atoms with E-state index in [4.69, 9.17) is 0 Å². The summed E-state index contributed by atoms with van der Waals surface area (Å²) in [5, 5.41) is 6.91. The van der Waals surface area contributed by atoms with Gasteiger partial charge in [-0.2, -0.15) is 0 Å². The second kappa shape index (κ2) is 2.92. The molecule has 0 aliphatic carbocycles. The highest BCUT2D eigenvalue weighted by Gasteiger charge is 2.02. The van der Waals surface area contributed by atoms with Crippen molar-refractivity contribution in [1.82, 2.24) is 14.8 Å². The molecule has 1 aromatic rings. The van der Waals surface area contributed by atoms with Crippen molar-refractivity contribution in [3.63, 3.8) is 0 Å². The summed E-state index contributed by atoms with van der Waals surface area (Å²) in [4.78, 5) is 10.9. The maximum Gasteiger partial charge on any atom is 0.343 e. The van der Waals surface area contributed by atoms with Gasteiger partial charge in [0, 0.05) is 6.54 Å². The zero-order valence-corrected chi connectivity index (χ0v) is 6.73. The Kier molecular flexibility index (Phi) is 2.16. The van der Waals surface area contributed by atoms with E-state index in [2.05, 4.69) is 10.2 Å². The standard InChI is InChI=1S/C5H9N3OS/c1-3-8-4(9)6-7-5(8)10-2/h3H2,1-2H3,(H,6,9). The quantitative estimate of drug-likeness (QED) is 0.632. The molecule has 0 fully saturated rings. The molecule has 0 saturated heterocycles. The SMILES string of the molecule is CCn1c(SC)n[nH]c1=O. The second-order valence-corrected chi connectivity index (χ2v) is 2.53. The molecule has 4 nitrogen and oxygen atoms in total. The minimum atomic E-state index is -0.133. The molecule has 0 atom stereocenters. The predicted octanol–water partition coefficient (Wildman–Crippen LogP) is 0.313. The number of aromatic nitrogens is 3. The lowest BCUT2D eigenvalue weighted by Gasteiger charge is -1.95. The lowest BCUT2D eigenvalue weighted by Crippen LogP contribution is -2.15. The first-order valence-electron chi connectivity index (χ1n) is 2.98. The summed E-state index contributed by atoms with van der Waals surface area (Å²) in [6.45, 7) is 2.59. The molecule has 0 amide bonds. The second-order valence-electron chi connectivity index (χ2n) is 1.76. The number of rotatable bonds is 2. The Morgan fingerprint density at radius 1 is 1.80 bits per heavy atom. The summed E-state index contributed by atoms with van der Waals surface area (Å²) in [7, 11) is 0. The van der Waals surface area contributed by atoms with E-state index < -0.39 is 0 Å². The minimum Gasteiger partial charge on any atom is -0.270 e. The molecule has 1 rings (SSSR count). The average molecular weight is 159 g/mol. The Morgan fingerprint density at radius 3 is 2.90 bits per heavy atom. The van der Waals surface area contributed by atoms with Gasteiger partial charge in [0.25, 0.3) is 0 Å². The summed E-state index contributed by atoms with van der Waals surface area (Å²) < 4.78 is 1.59. The zero-order valence-electron chi connectivity index (χ0n) is 5.92. The summed E-state index contributed by atoms with van der Waals surface area (Å²) in [5.74, 6) is 0. The molecule has 0 bridgehead atoms. The van der Waals surface area contributed by atoms with Crippen molar-refractivity contribution in [2.45, 2.75) is 18.6 Å². The van der Waals surface area contributed by atoms with Gasteiger partial charge >= 0.3 is 5.69 Å². The van der Waals surface area contributed by atoms with E-state index in [0.717, 1.165) is 5.16 Å². The van der Waals surface area contributed by atoms with Crippen LogP contribution >= 0.6 is 11.8 Å². The van der Waals surface area contributed by atoms with Gasteiger partial charge in [0.1, 0.15) is 0 Å². The fourth-order valence-corrected chi connectivity index (χ4v) is 1.31. The van der Waals surface area contributed by atoms with E-state index in [0.29, 0.717) is 6.54 Å². The van der Waals surface area contributed by atoms with Gasteiger partial charge in [0.2, 0.25) is 0 Å². The van der Waals surface area contributed by atoms with Crippen LogP contribution in [0.1, 0.15) is 6.92 Å². The van der Waals surface area contributed by atoms with Crippen LogP contribution in [0, 0.1) is 0 Å². The van der Waals surface area contributed by atoms with Crippen LogP contribution in [0.3, 0.4) is 0 Å². The summed E-state index contributed by atoms with van der Waals surface area (Å²) >= 11 is 1.46. The number of hydrogen-bond donors (Lipinski definition) is 1. The minimum absolute atomic E-state index is 0.133. The van der Waals surface area contributed by atoms with Crippen molar-refractivity contribution in [3.8, 4) is 0 Å². The van der Waals surface area contributed by atoms with Crippen LogP contribution < -0.4 is 5.69 Å². The molecule has 0 spiro atoms. The maximum atomic E-state index is 10.9. The Labute approximate surface area is 62.6 Å². The van der Waals surface area contributed by atoms with E-state index >= 15 is 0 Å². The Morgan fingerprint density at radius 2 is 2.50 bits per heavy atom. The predicted molar refractivity (Wildman–Crippen MR) is 40.3 cm³/mol. The van der Waals surface area contributed by atoms with Crippen molar-refractivity contribution in [1.29, 1.82) is 0 Å². The van der Waals surface area contributed by atoms with Crippen LogP contribution in [0.15, 0.2) is 9.95 Å². The third-order valence-corrected chi connectivity index (χ3v) is 1.90. The van der Waals surface area contributed by atoms with Crippen LogP contribution in [-0.2, 0) is 6.54 Å². The van der Waals surface area contributed by atoms with Crippen LogP contribution in [-0.4, -0.2) is 21.0 Å². The third kappa shape index (κ3) is 1.09. The monoisotopic (exact) mass is 159 g/mol. The molecule has 0 saturated carbocycles. The van der Waals surface area contributed by atoms with Crippen LogP contribution in [0.5, 0.6) is 0 Å². The Bertz CT molecular complexity index is 264. The van der Waals surface area contributed by atoms with Gasteiger partial charge in [-0.15, -0.1) is 5.10 Å². The van der Waals surface area contributed by atoms with E-state index in [-0.39, 0.29) is 5.69 Å². The van der Waals surface area contributed by atoms with Crippen LogP contribution in [0.2, 0.25) is 0 Å². The molecular weight excluding hydrogens is 150 g/mol. The summed E-state index contributed by atoms with van der Waals surface area (Å²) in [5.41, 5.74) is -0.133. The fourth-order valence-electron chi connectivity index (χ4n) is 0.738. The van der Waals surface area contributed by atoms with Crippen LogP contribution in [0.4, 0.5) is 0 Å². The topological polar surface area (TPSA) is 50.7 Å². The first-order chi connectivity index (χ1) is 4.79. The number of nitrogens with one attached hydrogen (secondary N) is 1. The molecule has 56 valence electrons. The van der Waals surface area contributed by atoms with E-state index in [9.17, 15) is 4.79 Å². The Balaban J connectivity index is 3.13. The van der Waals surface area contributed by atoms with Gasteiger partial charge in [0.05, 0.1) is 0 Å². The molecule has 1 heterocycles. The van der Waals surface area contributed by atoms with Gasteiger partial charge in [-0.25, -0.2) is 9.89 Å². The van der Waals surface area contributed by atoms with Crippen molar-refractivity contribution >= 4 is 11.8 Å². The Hall–Kier alpha value is -0.710. The molecule has 5 heteroatoms. The van der Waals surface area contributed by atoms with Crippen molar-refractivity contribution in [2.75, 3.05) is 6.26 Å². The number of nitrogens with zero attached hydrogens (tertiary/aromatic N) is 2.